The minimum atomic E-state index is -0.203. The average molecular weight is 396 g/mol. The van der Waals surface area contributed by atoms with Crippen LogP contribution in [0.25, 0.3) is 5.57 Å². The summed E-state index contributed by atoms with van der Waals surface area (Å²) in [6.07, 6.45) is 20.1. The lowest BCUT2D eigenvalue weighted by Crippen LogP contribution is -2.11. The molecule has 2 aliphatic carbocycles. The fraction of sp³-hybridized carbons (Fsp3) is 0.435. The van der Waals surface area contributed by atoms with Crippen LogP contribution in [0, 0.1) is 25.7 Å². The van der Waals surface area contributed by atoms with Crippen molar-refractivity contribution >= 4 is 5.57 Å². The van der Waals surface area contributed by atoms with Gasteiger partial charge in [-0.3, -0.25) is 4.98 Å². The van der Waals surface area contributed by atoms with E-state index in [1.54, 1.807) is 19.5 Å². The Morgan fingerprint density at radius 1 is 1.21 bits per heavy atom. The van der Waals surface area contributed by atoms with Crippen LogP contribution in [0.3, 0.4) is 0 Å². The van der Waals surface area contributed by atoms with Crippen LogP contribution in [0.4, 0.5) is 0 Å². The predicted molar refractivity (Wildman–Crippen MR) is 114 cm³/mol. The van der Waals surface area contributed by atoms with Gasteiger partial charge in [-0.2, -0.15) is 4.98 Å². The molecule has 0 radical (unpaired) electrons. The number of nitrogens with zero attached hydrogens (tertiary/aromatic N) is 3. The number of aliphatic hydroxyl groups excluding tert-OH is 1. The normalized spacial score (nSPS) is 17.6. The summed E-state index contributed by atoms with van der Waals surface area (Å²) in [5, 5.41) is 9.56. The molecule has 29 heavy (non-hydrogen) atoms. The van der Waals surface area contributed by atoms with Gasteiger partial charge < -0.3 is 14.6 Å². The Bertz CT molecular complexity index is 802. The molecule has 6 nitrogen and oxygen atoms in total. The number of aliphatic hydroxyl groups is 1. The number of rotatable bonds is 5. The first kappa shape index (κ1) is 22.4. The van der Waals surface area contributed by atoms with Gasteiger partial charge in [-0.15, -0.1) is 12.8 Å². The maximum absolute atomic E-state index is 9.56. The first-order valence-electron chi connectivity index (χ1n) is 9.77. The van der Waals surface area contributed by atoms with Crippen molar-refractivity contribution in [2.45, 2.75) is 45.1 Å². The molecule has 0 bridgehead atoms. The maximum atomic E-state index is 9.56. The summed E-state index contributed by atoms with van der Waals surface area (Å²) in [7, 11) is 1.62. The van der Waals surface area contributed by atoms with Crippen molar-refractivity contribution in [1.29, 1.82) is 0 Å². The van der Waals surface area contributed by atoms with Crippen molar-refractivity contribution in [1.82, 2.24) is 15.0 Å². The molecule has 2 aromatic rings. The van der Waals surface area contributed by atoms with Crippen molar-refractivity contribution in [3.63, 3.8) is 0 Å². The molecule has 0 aromatic carbocycles. The minimum absolute atomic E-state index is 0.203. The quantitative estimate of drug-likeness (QED) is 0.775. The van der Waals surface area contributed by atoms with E-state index in [1.807, 2.05) is 25.3 Å². The van der Waals surface area contributed by atoms with Gasteiger partial charge in [0.15, 0.2) is 0 Å². The van der Waals surface area contributed by atoms with E-state index in [-0.39, 0.29) is 6.10 Å². The van der Waals surface area contributed by atoms with E-state index >= 15 is 0 Å². The first-order valence-corrected chi connectivity index (χ1v) is 9.77. The van der Waals surface area contributed by atoms with Crippen LogP contribution < -0.4 is 9.47 Å². The summed E-state index contributed by atoms with van der Waals surface area (Å²) < 4.78 is 10.7. The van der Waals surface area contributed by atoms with Gasteiger partial charge in [0.05, 0.1) is 31.6 Å². The number of pyridine rings is 1. The standard InChI is InChI=1S/C15H20N2O2.C6H7NO.C2H2/c1-10-16-8-14(12-4-6-13(18)7-5-12)15(17-10)19-9-11-2-3-11;1-8-6-3-2-4-7-5-6;1-2/h4,8,11,13,18H,2-3,5-7,9H2,1H3;2-5H,1H3;1-2H. The van der Waals surface area contributed by atoms with Crippen LogP contribution in [0.5, 0.6) is 11.6 Å². The molecule has 1 atom stereocenters. The highest BCUT2D eigenvalue weighted by atomic mass is 16.5. The zero-order chi connectivity index (χ0) is 21.1. The van der Waals surface area contributed by atoms with Crippen molar-refractivity contribution < 1.29 is 14.6 Å². The van der Waals surface area contributed by atoms with Crippen LogP contribution in [0.15, 0.2) is 36.8 Å². The van der Waals surface area contributed by atoms with Gasteiger partial charge in [0.1, 0.15) is 11.6 Å². The van der Waals surface area contributed by atoms with Crippen LogP contribution >= 0.6 is 0 Å². The van der Waals surface area contributed by atoms with E-state index in [0.717, 1.165) is 36.6 Å². The summed E-state index contributed by atoms with van der Waals surface area (Å²) in [6, 6.07) is 3.69. The van der Waals surface area contributed by atoms with Gasteiger partial charge in [0.25, 0.3) is 0 Å². The Morgan fingerprint density at radius 2 is 2.00 bits per heavy atom. The molecule has 6 heteroatoms. The summed E-state index contributed by atoms with van der Waals surface area (Å²) in [5.74, 6) is 2.96. The van der Waals surface area contributed by atoms with Crippen LogP contribution in [-0.2, 0) is 0 Å². The molecule has 2 heterocycles. The summed E-state index contributed by atoms with van der Waals surface area (Å²) in [4.78, 5) is 12.5. The maximum Gasteiger partial charge on any atom is 0.224 e. The molecule has 1 saturated carbocycles. The topological polar surface area (TPSA) is 77.4 Å². The number of aryl methyl sites for hydroxylation is 1. The molecule has 2 aromatic heterocycles. The molecule has 154 valence electrons. The van der Waals surface area contributed by atoms with Crippen molar-refractivity contribution in [3.05, 3.63) is 48.2 Å². The fourth-order valence-electron chi connectivity index (χ4n) is 2.79. The highest BCUT2D eigenvalue weighted by Crippen LogP contribution is 2.34. The summed E-state index contributed by atoms with van der Waals surface area (Å²) in [6.45, 7) is 2.64. The van der Waals surface area contributed by atoms with Crippen LogP contribution in [0.1, 0.15) is 43.5 Å². The Kier molecular flexibility index (Phi) is 9.13. The lowest BCUT2D eigenvalue weighted by Gasteiger charge is -2.19. The zero-order valence-electron chi connectivity index (χ0n) is 17.1. The Labute approximate surface area is 173 Å². The van der Waals surface area contributed by atoms with E-state index in [9.17, 15) is 5.11 Å². The minimum Gasteiger partial charge on any atom is -0.495 e. The summed E-state index contributed by atoms with van der Waals surface area (Å²) >= 11 is 0. The Hall–Kier alpha value is -2.91. The second-order valence-corrected chi connectivity index (χ2v) is 6.94. The lowest BCUT2D eigenvalue weighted by molar-refractivity contribution is 0.166. The third kappa shape index (κ3) is 7.55. The van der Waals surface area contributed by atoms with Gasteiger partial charge in [-0.1, -0.05) is 6.08 Å². The number of aromatic nitrogens is 3. The van der Waals surface area contributed by atoms with E-state index < -0.39 is 0 Å². The first-order chi connectivity index (χ1) is 14.2. The summed E-state index contributed by atoms with van der Waals surface area (Å²) in [5.41, 5.74) is 2.20. The fourth-order valence-corrected chi connectivity index (χ4v) is 2.79. The van der Waals surface area contributed by atoms with Gasteiger partial charge in [0.2, 0.25) is 5.88 Å². The molecule has 2 aliphatic rings. The Balaban J connectivity index is 0.000000252. The molecule has 0 aliphatic heterocycles. The van der Waals surface area contributed by atoms with Gasteiger partial charge in [-0.05, 0) is 62.7 Å². The van der Waals surface area contributed by atoms with Crippen molar-refractivity contribution in [2.75, 3.05) is 13.7 Å². The zero-order valence-corrected chi connectivity index (χ0v) is 17.1. The number of allylic oxidation sites excluding steroid dienone is 1. The smallest absolute Gasteiger partial charge is 0.224 e. The highest BCUT2D eigenvalue weighted by Gasteiger charge is 2.24. The van der Waals surface area contributed by atoms with Gasteiger partial charge >= 0.3 is 0 Å². The monoisotopic (exact) mass is 395 g/mol. The average Bonchev–Trinajstić information content (AvgIpc) is 3.60. The van der Waals surface area contributed by atoms with E-state index in [1.165, 1.54) is 18.4 Å². The van der Waals surface area contributed by atoms with Gasteiger partial charge in [0, 0.05) is 12.4 Å². The van der Waals surface area contributed by atoms with Crippen LogP contribution in [0.2, 0.25) is 0 Å². The number of methoxy groups -OCH3 is 1. The molecular weight excluding hydrogens is 366 g/mol. The van der Waals surface area contributed by atoms with E-state index in [2.05, 4.69) is 33.9 Å². The molecular formula is C23H29N3O3. The Morgan fingerprint density at radius 3 is 2.55 bits per heavy atom. The molecule has 0 saturated heterocycles. The largest absolute Gasteiger partial charge is 0.495 e. The molecule has 1 N–H and O–H groups in total. The van der Waals surface area contributed by atoms with Crippen molar-refractivity contribution in [3.8, 4) is 24.5 Å². The van der Waals surface area contributed by atoms with Gasteiger partial charge in [-0.25, -0.2) is 4.98 Å². The van der Waals surface area contributed by atoms with Crippen LogP contribution in [-0.4, -0.2) is 39.9 Å². The number of hydrogen-bond acceptors (Lipinski definition) is 6. The van der Waals surface area contributed by atoms with Crippen molar-refractivity contribution in [2.24, 2.45) is 5.92 Å². The molecule has 1 fully saturated rings. The highest BCUT2D eigenvalue weighted by molar-refractivity contribution is 5.69. The number of ether oxygens (including phenoxy) is 2. The number of hydrogen-bond donors (Lipinski definition) is 1. The predicted octanol–water partition coefficient (Wildman–Crippen LogP) is 3.84. The molecule has 0 spiro atoms. The molecule has 0 amide bonds. The van der Waals surface area contributed by atoms with E-state index in [0.29, 0.717) is 18.2 Å². The molecule has 4 rings (SSSR count). The van der Waals surface area contributed by atoms with E-state index in [4.69, 9.17) is 9.47 Å². The third-order valence-corrected chi connectivity index (χ3v) is 4.63. The SMILES string of the molecule is C#C.COc1cccnc1.Cc1ncc(C2=CCC(O)CC2)c(OCC2CC2)n1. The lowest BCUT2D eigenvalue weighted by atomic mass is 9.93. The second-order valence-electron chi connectivity index (χ2n) is 6.94. The molecule has 1 unspecified atom stereocenters. The number of terminal acetylenes is 1. The second kappa shape index (κ2) is 11.8. The third-order valence-electron chi connectivity index (χ3n) is 4.63.